The molecule has 2 aliphatic rings. The van der Waals surface area contributed by atoms with E-state index in [1.807, 2.05) is 0 Å². The summed E-state index contributed by atoms with van der Waals surface area (Å²) in [4.78, 5) is 2.48. The van der Waals surface area contributed by atoms with Crippen LogP contribution in [0.5, 0.6) is 0 Å². The summed E-state index contributed by atoms with van der Waals surface area (Å²) in [5.74, 6) is 0. The average molecular weight is 941 g/mol. The van der Waals surface area contributed by atoms with Gasteiger partial charge in [0.05, 0.1) is 22.1 Å². The first-order chi connectivity index (χ1) is 36.7. The molecule has 2 aromatic heterocycles. The third-order valence-electron chi connectivity index (χ3n) is 16.2. The highest BCUT2D eigenvalue weighted by atomic mass is 16.3. The number of nitrogens with zero attached hydrogens (tertiary/aromatic N) is 2. The molecule has 0 saturated carbocycles. The van der Waals surface area contributed by atoms with Crippen molar-refractivity contribution in [2.45, 2.75) is 5.41 Å². The van der Waals surface area contributed by atoms with Crippen molar-refractivity contribution in [1.29, 1.82) is 0 Å². The van der Waals surface area contributed by atoms with Crippen molar-refractivity contribution in [3.63, 3.8) is 0 Å². The lowest BCUT2D eigenvalue weighted by Crippen LogP contribution is -2.26. The van der Waals surface area contributed by atoms with Crippen LogP contribution in [0, 0.1) is 0 Å². The number of rotatable bonds is 6. The highest BCUT2D eigenvalue weighted by Crippen LogP contribution is 2.63. The summed E-state index contributed by atoms with van der Waals surface area (Å²) in [5, 5.41) is 7.09. The lowest BCUT2D eigenvalue weighted by Gasteiger charge is -2.32. The topological polar surface area (TPSA) is 21.3 Å². The van der Waals surface area contributed by atoms with E-state index in [1.54, 1.807) is 0 Å². The van der Waals surface area contributed by atoms with Gasteiger partial charge in [0.25, 0.3) is 0 Å². The second kappa shape index (κ2) is 15.6. The molecule has 0 fully saturated rings. The number of aromatic nitrogens is 1. The minimum Gasteiger partial charge on any atom is -0.456 e. The summed E-state index contributed by atoms with van der Waals surface area (Å²) in [6.45, 7) is 0. The summed E-state index contributed by atoms with van der Waals surface area (Å²) in [7, 11) is 0. The molecule has 74 heavy (non-hydrogen) atoms. The normalized spacial score (nSPS) is 13.0. The maximum Gasteiger partial charge on any atom is 0.136 e. The van der Waals surface area contributed by atoms with Crippen molar-refractivity contribution in [3.8, 4) is 50.2 Å². The average Bonchev–Trinajstić information content (AvgIpc) is 4.23. The summed E-state index contributed by atoms with van der Waals surface area (Å²) >= 11 is 0. The number of benzene rings is 12. The standard InChI is InChI=1S/C71H44N2O/c1-2-18-48-43-69-60(42-47(48)17-1)70-59(27-16-34-68(70)74-69)58-26-8-12-31-65(58)72(49-37-35-45(36-38-49)46-19-15-20-50(41-46)73-66-32-13-6-24-56(66)57-25-7-14-33-67(57)73)51-39-40-55-54-23-5-11-30-63(54)71(64(55)44-51)61-28-9-3-21-52(61)53-22-4-10-29-62(53)71/h1-44H. The van der Waals surface area contributed by atoms with Crippen LogP contribution in [0.3, 0.4) is 0 Å². The number of para-hydroxylation sites is 3. The van der Waals surface area contributed by atoms with Gasteiger partial charge in [-0.2, -0.15) is 0 Å². The van der Waals surface area contributed by atoms with Gasteiger partial charge in [0, 0.05) is 44.2 Å². The zero-order valence-corrected chi connectivity index (χ0v) is 40.2. The molecule has 0 atom stereocenters. The summed E-state index contributed by atoms with van der Waals surface area (Å²) in [6.07, 6.45) is 0. The monoisotopic (exact) mass is 940 g/mol. The molecule has 1 spiro atoms. The molecular formula is C71H44N2O. The fourth-order valence-electron chi connectivity index (χ4n) is 13.1. The molecule has 2 heterocycles. The molecule has 14 aromatic rings. The van der Waals surface area contributed by atoms with Gasteiger partial charge in [-0.25, -0.2) is 0 Å². The molecule has 12 aromatic carbocycles. The zero-order chi connectivity index (χ0) is 48.5. The molecule has 0 aliphatic heterocycles. The van der Waals surface area contributed by atoms with E-state index < -0.39 is 5.41 Å². The van der Waals surface area contributed by atoms with E-state index >= 15 is 0 Å². The molecule has 0 saturated heterocycles. The van der Waals surface area contributed by atoms with E-state index in [0.29, 0.717) is 0 Å². The van der Waals surface area contributed by atoms with E-state index in [9.17, 15) is 0 Å². The molecule has 16 rings (SSSR count). The highest BCUT2D eigenvalue weighted by Gasteiger charge is 2.51. The largest absolute Gasteiger partial charge is 0.456 e. The first-order valence-electron chi connectivity index (χ1n) is 25.6. The van der Waals surface area contributed by atoms with Crippen LogP contribution in [0.1, 0.15) is 22.3 Å². The SMILES string of the molecule is c1cc(-c2ccc(N(c3ccc4c(c3)C3(c5ccccc5-c5ccccc53)c3ccccc3-4)c3ccccc3-c3cccc4oc5cc6ccccc6cc5c34)cc2)cc(-n2c3ccccc3c3ccccc32)c1. The predicted molar refractivity (Wildman–Crippen MR) is 307 cm³/mol. The molecular weight excluding hydrogens is 897 g/mol. The van der Waals surface area contributed by atoms with Crippen molar-refractivity contribution < 1.29 is 4.42 Å². The Balaban J connectivity index is 0.907. The van der Waals surface area contributed by atoms with Crippen molar-refractivity contribution in [1.82, 2.24) is 4.57 Å². The predicted octanol–water partition coefficient (Wildman–Crippen LogP) is 19.0. The van der Waals surface area contributed by atoms with E-state index in [2.05, 4.69) is 276 Å². The smallest absolute Gasteiger partial charge is 0.136 e. The van der Waals surface area contributed by atoms with Gasteiger partial charge in [-0.3, -0.25) is 0 Å². The highest BCUT2D eigenvalue weighted by molar-refractivity contribution is 6.17. The van der Waals surface area contributed by atoms with Gasteiger partial charge < -0.3 is 13.9 Å². The van der Waals surface area contributed by atoms with Gasteiger partial charge in [0.15, 0.2) is 0 Å². The number of hydrogen-bond donors (Lipinski definition) is 0. The second-order valence-corrected chi connectivity index (χ2v) is 19.9. The van der Waals surface area contributed by atoms with Crippen molar-refractivity contribution in [2.24, 2.45) is 0 Å². The number of hydrogen-bond acceptors (Lipinski definition) is 2. The van der Waals surface area contributed by atoms with Crippen molar-refractivity contribution in [2.75, 3.05) is 4.90 Å². The number of fused-ring (bicyclic) bond motifs is 17. The van der Waals surface area contributed by atoms with E-state index in [0.717, 1.165) is 72.3 Å². The minimum absolute atomic E-state index is 0.490. The first-order valence-corrected chi connectivity index (χ1v) is 25.6. The van der Waals surface area contributed by atoms with Crippen LogP contribution in [-0.2, 0) is 5.41 Å². The van der Waals surface area contributed by atoms with E-state index in [4.69, 9.17) is 4.42 Å². The minimum atomic E-state index is -0.490. The molecule has 0 N–H and O–H groups in total. The van der Waals surface area contributed by atoms with Crippen LogP contribution in [0.15, 0.2) is 271 Å². The molecule has 3 nitrogen and oxygen atoms in total. The Hall–Kier alpha value is -9.70. The molecule has 0 radical (unpaired) electrons. The quantitative estimate of drug-likeness (QED) is 0.166. The molecule has 3 heteroatoms. The molecule has 2 aliphatic carbocycles. The van der Waals surface area contributed by atoms with Crippen LogP contribution in [0.2, 0.25) is 0 Å². The van der Waals surface area contributed by atoms with Gasteiger partial charge in [0.2, 0.25) is 0 Å². The Morgan fingerprint density at radius 2 is 0.865 bits per heavy atom. The lowest BCUT2D eigenvalue weighted by atomic mass is 9.70. The Kier molecular flexibility index (Phi) is 8.66. The maximum absolute atomic E-state index is 6.70. The lowest BCUT2D eigenvalue weighted by molar-refractivity contribution is 0.669. The van der Waals surface area contributed by atoms with Crippen molar-refractivity contribution in [3.05, 3.63) is 289 Å². The van der Waals surface area contributed by atoms with Crippen LogP contribution in [0.25, 0.3) is 105 Å². The number of anilines is 3. The molecule has 0 bridgehead atoms. The summed E-state index contributed by atoms with van der Waals surface area (Å²) < 4.78 is 9.09. The third-order valence-corrected chi connectivity index (χ3v) is 16.2. The summed E-state index contributed by atoms with van der Waals surface area (Å²) in [5.41, 5.74) is 23.0. The van der Waals surface area contributed by atoms with Gasteiger partial charge >= 0.3 is 0 Å². The van der Waals surface area contributed by atoms with Gasteiger partial charge in [0.1, 0.15) is 11.2 Å². The van der Waals surface area contributed by atoms with Crippen LogP contribution < -0.4 is 4.90 Å². The molecule has 0 amide bonds. The fourth-order valence-corrected chi connectivity index (χ4v) is 13.1. The van der Waals surface area contributed by atoms with Crippen LogP contribution in [0.4, 0.5) is 17.1 Å². The summed E-state index contributed by atoms with van der Waals surface area (Å²) in [6, 6.07) is 98.4. The third kappa shape index (κ3) is 5.72. The Labute approximate surface area is 428 Å². The van der Waals surface area contributed by atoms with E-state index in [-0.39, 0.29) is 0 Å². The van der Waals surface area contributed by atoms with Crippen LogP contribution >= 0.6 is 0 Å². The fraction of sp³-hybridized carbons (Fsp3) is 0.0141. The van der Waals surface area contributed by atoms with Gasteiger partial charge in [-0.15, -0.1) is 0 Å². The van der Waals surface area contributed by atoms with Crippen LogP contribution in [-0.4, -0.2) is 4.57 Å². The van der Waals surface area contributed by atoms with Gasteiger partial charge in [-0.05, 0) is 145 Å². The first kappa shape index (κ1) is 41.0. The Morgan fingerprint density at radius 1 is 0.324 bits per heavy atom. The molecule has 344 valence electrons. The Morgan fingerprint density at radius 3 is 1.55 bits per heavy atom. The van der Waals surface area contributed by atoms with E-state index in [1.165, 1.54) is 71.7 Å². The maximum atomic E-state index is 6.70. The number of furan rings is 1. The zero-order valence-electron chi connectivity index (χ0n) is 40.2. The molecule has 0 unspecified atom stereocenters. The second-order valence-electron chi connectivity index (χ2n) is 19.9. The Bertz CT molecular complexity index is 4510. The van der Waals surface area contributed by atoms with Gasteiger partial charge in [-0.1, -0.05) is 194 Å². The van der Waals surface area contributed by atoms with Crippen molar-refractivity contribution >= 4 is 71.6 Å².